The molecule has 0 aliphatic carbocycles. The van der Waals surface area contributed by atoms with E-state index in [-0.39, 0.29) is 11.9 Å². The van der Waals surface area contributed by atoms with Crippen LogP contribution >= 0.6 is 11.6 Å². The van der Waals surface area contributed by atoms with Crippen LogP contribution in [-0.2, 0) is 9.53 Å². The first-order chi connectivity index (χ1) is 9.19. The highest BCUT2D eigenvalue weighted by atomic mass is 35.5. The number of anilines is 1. The Morgan fingerprint density at radius 1 is 1.47 bits per heavy atom. The van der Waals surface area contributed by atoms with Crippen molar-refractivity contribution in [2.45, 2.75) is 18.9 Å². The molecule has 1 aromatic carbocycles. The number of benzene rings is 1. The number of ether oxygens (including phenoxy) is 1. The lowest BCUT2D eigenvalue weighted by Crippen LogP contribution is -2.37. The van der Waals surface area contributed by atoms with Crippen LogP contribution in [0.4, 0.5) is 5.69 Å². The minimum atomic E-state index is 0.0600. The fourth-order valence-corrected chi connectivity index (χ4v) is 2.39. The average Bonchev–Trinajstić information content (AvgIpc) is 2.85. The Morgan fingerprint density at radius 2 is 2.21 bits per heavy atom. The fraction of sp³-hybridized carbons (Fsp3) is 0.500. The molecule has 1 aliphatic rings. The summed E-state index contributed by atoms with van der Waals surface area (Å²) in [6.07, 6.45) is 1.40. The summed E-state index contributed by atoms with van der Waals surface area (Å²) in [7, 11) is 1.60. The first-order valence-corrected chi connectivity index (χ1v) is 6.85. The molecule has 4 nitrogen and oxygen atoms in total. The molecule has 0 spiro atoms. The summed E-state index contributed by atoms with van der Waals surface area (Å²) in [6.45, 7) is 2.27. The molecule has 1 N–H and O–H groups in total. The molecule has 1 aliphatic heterocycles. The van der Waals surface area contributed by atoms with E-state index < -0.39 is 0 Å². The van der Waals surface area contributed by atoms with Gasteiger partial charge in [-0.05, 0) is 30.7 Å². The smallest absolute Gasteiger partial charge is 0.222 e. The van der Waals surface area contributed by atoms with E-state index in [1.165, 1.54) is 0 Å². The van der Waals surface area contributed by atoms with Crippen LogP contribution in [0, 0.1) is 0 Å². The molecular formula is C14H19ClN2O2. The number of methoxy groups -OCH3 is 1. The summed E-state index contributed by atoms with van der Waals surface area (Å²) in [5.74, 6) is 0.0600. The van der Waals surface area contributed by atoms with Crippen molar-refractivity contribution in [1.82, 2.24) is 5.32 Å². The minimum absolute atomic E-state index is 0.0600. The van der Waals surface area contributed by atoms with Gasteiger partial charge in [-0.3, -0.25) is 4.79 Å². The van der Waals surface area contributed by atoms with Gasteiger partial charge in [0.2, 0.25) is 5.91 Å². The summed E-state index contributed by atoms with van der Waals surface area (Å²) < 4.78 is 4.89. The van der Waals surface area contributed by atoms with Gasteiger partial charge in [-0.15, -0.1) is 0 Å². The molecule has 19 heavy (non-hydrogen) atoms. The van der Waals surface area contributed by atoms with Gasteiger partial charge in [0.05, 0.1) is 6.61 Å². The number of carbonyl (C=O) groups is 1. The highest BCUT2D eigenvalue weighted by Gasteiger charge is 2.23. The van der Waals surface area contributed by atoms with Gasteiger partial charge >= 0.3 is 0 Å². The number of nitrogens with zero attached hydrogens (tertiary/aromatic N) is 1. The summed E-state index contributed by atoms with van der Waals surface area (Å²) in [6, 6.07) is 8.03. The lowest BCUT2D eigenvalue weighted by Gasteiger charge is -2.19. The number of carbonyl (C=O) groups excluding carboxylic acids is 1. The standard InChI is InChI=1S/C14H19ClN2O2/c1-19-9-7-14(18)16-12-6-8-17(10-12)13-4-2-11(15)3-5-13/h2-5,12H,6-10H2,1H3,(H,16,18)/t12-/m0/s1. The highest BCUT2D eigenvalue weighted by molar-refractivity contribution is 6.30. The van der Waals surface area contributed by atoms with E-state index in [0.717, 1.165) is 30.2 Å². The van der Waals surface area contributed by atoms with E-state index in [1.807, 2.05) is 24.3 Å². The molecule has 0 aromatic heterocycles. The van der Waals surface area contributed by atoms with E-state index in [0.29, 0.717) is 13.0 Å². The molecule has 1 aromatic rings. The van der Waals surface area contributed by atoms with Crippen LogP contribution in [0.15, 0.2) is 24.3 Å². The van der Waals surface area contributed by atoms with Crippen LogP contribution in [0.5, 0.6) is 0 Å². The van der Waals surface area contributed by atoms with Crippen LogP contribution < -0.4 is 10.2 Å². The predicted molar refractivity (Wildman–Crippen MR) is 76.7 cm³/mol. The third-order valence-corrected chi connectivity index (χ3v) is 3.53. The third-order valence-electron chi connectivity index (χ3n) is 3.28. The van der Waals surface area contributed by atoms with Gasteiger partial charge in [0, 0.05) is 43.4 Å². The summed E-state index contributed by atoms with van der Waals surface area (Å²) >= 11 is 5.88. The number of hydrogen-bond acceptors (Lipinski definition) is 3. The molecule has 0 radical (unpaired) electrons. The second-order valence-electron chi connectivity index (χ2n) is 4.72. The Kier molecular flexibility index (Phi) is 5.05. The van der Waals surface area contributed by atoms with Gasteiger partial charge in [-0.2, -0.15) is 0 Å². The van der Waals surface area contributed by atoms with Crippen LogP contribution in [0.1, 0.15) is 12.8 Å². The molecule has 1 heterocycles. The SMILES string of the molecule is COCCC(=O)N[C@H]1CCN(c2ccc(Cl)cc2)C1. The van der Waals surface area contributed by atoms with Crippen LogP contribution in [0.3, 0.4) is 0 Å². The number of hydrogen-bond donors (Lipinski definition) is 1. The van der Waals surface area contributed by atoms with Crippen molar-refractivity contribution < 1.29 is 9.53 Å². The van der Waals surface area contributed by atoms with Gasteiger partial charge in [0.1, 0.15) is 0 Å². The normalized spacial score (nSPS) is 18.6. The summed E-state index contributed by atoms with van der Waals surface area (Å²) in [5, 5.41) is 3.78. The molecule has 0 saturated carbocycles. The van der Waals surface area contributed by atoms with Crippen LogP contribution in [0.2, 0.25) is 5.02 Å². The molecular weight excluding hydrogens is 264 g/mol. The fourth-order valence-electron chi connectivity index (χ4n) is 2.26. The van der Waals surface area contributed by atoms with Gasteiger partial charge in [-0.25, -0.2) is 0 Å². The molecule has 1 amide bonds. The number of halogens is 1. The Hall–Kier alpha value is -1.26. The van der Waals surface area contributed by atoms with Crippen molar-refractivity contribution in [2.75, 3.05) is 31.7 Å². The largest absolute Gasteiger partial charge is 0.384 e. The van der Waals surface area contributed by atoms with Crippen molar-refractivity contribution in [2.24, 2.45) is 0 Å². The van der Waals surface area contributed by atoms with Gasteiger partial charge in [0.15, 0.2) is 0 Å². The lowest BCUT2D eigenvalue weighted by molar-refractivity contribution is -0.122. The molecule has 1 fully saturated rings. The number of amides is 1. The molecule has 1 saturated heterocycles. The molecule has 0 unspecified atom stereocenters. The second kappa shape index (κ2) is 6.78. The van der Waals surface area contributed by atoms with Crippen molar-refractivity contribution in [3.05, 3.63) is 29.3 Å². The van der Waals surface area contributed by atoms with Crippen LogP contribution in [0.25, 0.3) is 0 Å². The Labute approximate surface area is 118 Å². The van der Waals surface area contributed by atoms with Crippen molar-refractivity contribution in [1.29, 1.82) is 0 Å². The second-order valence-corrected chi connectivity index (χ2v) is 5.15. The number of nitrogens with one attached hydrogen (secondary N) is 1. The van der Waals surface area contributed by atoms with Crippen molar-refractivity contribution in [3.8, 4) is 0 Å². The first-order valence-electron chi connectivity index (χ1n) is 6.48. The molecule has 5 heteroatoms. The zero-order chi connectivity index (χ0) is 13.7. The third kappa shape index (κ3) is 4.11. The zero-order valence-electron chi connectivity index (χ0n) is 11.1. The molecule has 104 valence electrons. The molecule has 2 rings (SSSR count). The van der Waals surface area contributed by atoms with Crippen molar-refractivity contribution in [3.63, 3.8) is 0 Å². The van der Waals surface area contributed by atoms with Gasteiger partial charge in [0.25, 0.3) is 0 Å². The molecule has 0 bridgehead atoms. The molecule has 1 atom stereocenters. The van der Waals surface area contributed by atoms with Crippen molar-refractivity contribution >= 4 is 23.2 Å². The number of rotatable bonds is 5. The summed E-state index contributed by atoms with van der Waals surface area (Å²) in [4.78, 5) is 13.9. The average molecular weight is 283 g/mol. The van der Waals surface area contributed by atoms with E-state index in [2.05, 4.69) is 10.2 Å². The highest BCUT2D eigenvalue weighted by Crippen LogP contribution is 2.22. The lowest BCUT2D eigenvalue weighted by atomic mass is 10.2. The maximum Gasteiger partial charge on any atom is 0.222 e. The monoisotopic (exact) mass is 282 g/mol. The van der Waals surface area contributed by atoms with E-state index in [4.69, 9.17) is 16.3 Å². The predicted octanol–water partition coefficient (Wildman–Crippen LogP) is 2.07. The minimum Gasteiger partial charge on any atom is -0.384 e. The van der Waals surface area contributed by atoms with E-state index in [1.54, 1.807) is 7.11 Å². The van der Waals surface area contributed by atoms with Gasteiger partial charge < -0.3 is 15.0 Å². The Balaban J connectivity index is 1.83. The Morgan fingerprint density at radius 3 is 2.89 bits per heavy atom. The quantitative estimate of drug-likeness (QED) is 0.899. The Bertz CT molecular complexity index is 422. The maximum atomic E-state index is 11.6. The van der Waals surface area contributed by atoms with Gasteiger partial charge in [-0.1, -0.05) is 11.6 Å². The summed E-state index contributed by atoms with van der Waals surface area (Å²) in [5.41, 5.74) is 1.15. The van der Waals surface area contributed by atoms with E-state index >= 15 is 0 Å². The first kappa shape index (κ1) is 14.2. The maximum absolute atomic E-state index is 11.6. The topological polar surface area (TPSA) is 41.6 Å². The van der Waals surface area contributed by atoms with E-state index in [9.17, 15) is 4.79 Å². The zero-order valence-corrected chi connectivity index (χ0v) is 11.8. The van der Waals surface area contributed by atoms with Crippen LogP contribution in [-0.4, -0.2) is 38.8 Å².